The van der Waals surface area contributed by atoms with Crippen LogP contribution < -0.4 is 5.32 Å². The van der Waals surface area contributed by atoms with Crippen molar-refractivity contribution in [1.82, 2.24) is 10.1 Å². The Morgan fingerprint density at radius 1 is 0.947 bits per heavy atom. The first-order valence-electron chi connectivity index (χ1n) is 5.03. The number of hydrogen-bond donors (Lipinski definition) is 1. The molecule has 0 aliphatic rings. The summed E-state index contributed by atoms with van der Waals surface area (Å²) in [6.07, 6.45) is 1.14. The van der Waals surface area contributed by atoms with Crippen molar-refractivity contribution >= 4 is 5.69 Å². The van der Waals surface area contributed by atoms with Crippen LogP contribution in [0, 0.1) is 29.1 Å². The minimum Gasteiger partial charge on any atom is -0.380 e. The summed E-state index contributed by atoms with van der Waals surface area (Å²) in [6.45, 7) is -0.127. The average molecular weight is 279 g/mol. The molecule has 0 fully saturated rings. The highest BCUT2D eigenvalue weighted by atomic mass is 19.2. The van der Waals surface area contributed by atoms with Crippen molar-refractivity contribution < 1.29 is 26.5 Å². The zero-order valence-electron chi connectivity index (χ0n) is 9.18. The highest BCUT2D eigenvalue weighted by Gasteiger charge is 2.25. The van der Waals surface area contributed by atoms with Gasteiger partial charge in [-0.2, -0.15) is 4.98 Å². The fraction of sp³-hybridized carbons (Fsp3) is 0.200. The summed E-state index contributed by atoms with van der Waals surface area (Å²) in [6, 6.07) is 0. The van der Waals surface area contributed by atoms with E-state index < -0.39 is 34.8 Å². The van der Waals surface area contributed by atoms with Crippen LogP contribution >= 0.6 is 0 Å². The van der Waals surface area contributed by atoms with Gasteiger partial charge in [-0.3, -0.25) is 0 Å². The zero-order chi connectivity index (χ0) is 14.0. The smallest absolute Gasteiger partial charge is 0.213 e. The summed E-state index contributed by atoms with van der Waals surface area (Å²) in [4.78, 5) is 3.63. The molecule has 1 heterocycles. The molecule has 1 N–H and O–H groups in total. The van der Waals surface area contributed by atoms with Crippen molar-refractivity contribution in [2.24, 2.45) is 0 Å². The normalized spacial score (nSPS) is 10.8. The Balaban J connectivity index is 2.16. The van der Waals surface area contributed by atoms with Crippen molar-refractivity contribution in [3.8, 4) is 0 Å². The molecule has 19 heavy (non-hydrogen) atoms. The van der Waals surface area contributed by atoms with E-state index in [0.29, 0.717) is 0 Å². The van der Waals surface area contributed by atoms with Crippen molar-refractivity contribution in [3.05, 3.63) is 41.3 Å². The number of aromatic nitrogens is 2. The van der Waals surface area contributed by atoms with E-state index in [0.717, 1.165) is 6.39 Å². The number of nitrogens with zero attached hydrogens (tertiary/aromatic N) is 2. The van der Waals surface area contributed by atoms with Gasteiger partial charge in [0.05, 0.1) is 0 Å². The third-order valence-corrected chi connectivity index (χ3v) is 2.27. The summed E-state index contributed by atoms with van der Waals surface area (Å²) in [5, 5.41) is 5.53. The number of rotatable bonds is 4. The third-order valence-electron chi connectivity index (χ3n) is 2.27. The van der Waals surface area contributed by atoms with E-state index in [1.807, 2.05) is 0 Å². The third kappa shape index (κ3) is 2.49. The van der Waals surface area contributed by atoms with Gasteiger partial charge in [0.1, 0.15) is 5.69 Å². The maximum Gasteiger partial charge on any atom is 0.213 e. The number of hydrogen-bond acceptors (Lipinski definition) is 4. The Labute approximate surface area is 103 Å². The van der Waals surface area contributed by atoms with Gasteiger partial charge in [0.25, 0.3) is 0 Å². The highest BCUT2D eigenvalue weighted by Crippen LogP contribution is 2.26. The van der Waals surface area contributed by atoms with E-state index in [4.69, 9.17) is 0 Å². The molecule has 2 aromatic rings. The molecule has 9 heteroatoms. The molecule has 0 saturated carbocycles. The van der Waals surface area contributed by atoms with E-state index in [-0.39, 0.29) is 18.8 Å². The van der Waals surface area contributed by atoms with Gasteiger partial charge in [0.2, 0.25) is 12.2 Å². The van der Waals surface area contributed by atoms with Crippen LogP contribution in [0.4, 0.5) is 27.6 Å². The maximum atomic E-state index is 13.2. The first-order chi connectivity index (χ1) is 9.02. The molecule has 0 spiro atoms. The first-order valence-corrected chi connectivity index (χ1v) is 5.03. The summed E-state index contributed by atoms with van der Waals surface area (Å²) in [7, 11) is 0. The van der Waals surface area contributed by atoms with E-state index in [1.165, 1.54) is 0 Å². The fourth-order valence-corrected chi connectivity index (χ4v) is 1.36. The Hall–Kier alpha value is -2.19. The van der Waals surface area contributed by atoms with Gasteiger partial charge in [0, 0.05) is 13.0 Å². The van der Waals surface area contributed by atoms with Crippen LogP contribution in [0.5, 0.6) is 0 Å². The van der Waals surface area contributed by atoms with Gasteiger partial charge in [-0.15, -0.1) is 0 Å². The SMILES string of the molecule is Fc1c(F)c(F)c(NCCc2ncon2)c(F)c1F. The van der Waals surface area contributed by atoms with Crippen LogP contribution in [-0.2, 0) is 6.42 Å². The fourth-order valence-electron chi connectivity index (χ4n) is 1.36. The summed E-state index contributed by atoms with van der Waals surface area (Å²) in [5.41, 5.74) is -1.08. The number of benzene rings is 1. The van der Waals surface area contributed by atoms with Crippen LogP contribution in [0.1, 0.15) is 5.82 Å². The summed E-state index contributed by atoms with van der Waals surface area (Å²) >= 11 is 0. The number of nitrogens with one attached hydrogen (secondary N) is 1. The summed E-state index contributed by atoms with van der Waals surface area (Å²) in [5.74, 6) is -9.79. The topological polar surface area (TPSA) is 51.0 Å². The lowest BCUT2D eigenvalue weighted by Crippen LogP contribution is -2.12. The molecule has 0 unspecified atom stereocenters. The van der Waals surface area contributed by atoms with Crippen molar-refractivity contribution in [1.29, 1.82) is 0 Å². The van der Waals surface area contributed by atoms with Crippen molar-refractivity contribution in [3.63, 3.8) is 0 Å². The lowest BCUT2D eigenvalue weighted by atomic mass is 10.2. The maximum absolute atomic E-state index is 13.2. The predicted octanol–water partition coefficient (Wildman–Crippen LogP) is 2.42. The molecule has 0 amide bonds. The van der Waals surface area contributed by atoms with E-state index in [1.54, 1.807) is 0 Å². The second-order valence-corrected chi connectivity index (χ2v) is 3.47. The molecule has 0 bridgehead atoms. The molecule has 1 aromatic heterocycles. The molecule has 102 valence electrons. The van der Waals surface area contributed by atoms with Gasteiger partial charge < -0.3 is 9.84 Å². The monoisotopic (exact) mass is 279 g/mol. The minimum atomic E-state index is -2.20. The Morgan fingerprint density at radius 3 is 2.05 bits per heavy atom. The number of anilines is 1. The predicted molar refractivity (Wildman–Crippen MR) is 52.7 cm³/mol. The molecule has 2 rings (SSSR count). The molecule has 0 aliphatic carbocycles. The van der Waals surface area contributed by atoms with Crippen LogP contribution in [0.2, 0.25) is 0 Å². The van der Waals surface area contributed by atoms with Gasteiger partial charge >= 0.3 is 0 Å². The lowest BCUT2D eigenvalue weighted by molar-refractivity contribution is 0.381. The van der Waals surface area contributed by atoms with Crippen molar-refractivity contribution in [2.45, 2.75) is 6.42 Å². The highest BCUT2D eigenvalue weighted by molar-refractivity contribution is 5.47. The van der Waals surface area contributed by atoms with E-state index >= 15 is 0 Å². The second kappa shape index (κ2) is 5.21. The lowest BCUT2D eigenvalue weighted by Gasteiger charge is -2.09. The van der Waals surface area contributed by atoms with Gasteiger partial charge in [-0.05, 0) is 0 Å². The second-order valence-electron chi connectivity index (χ2n) is 3.47. The number of halogens is 5. The van der Waals surface area contributed by atoms with E-state index in [2.05, 4.69) is 20.0 Å². The molecule has 4 nitrogen and oxygen atoms in total. The van der Waals surface area contributed by atoms with Crippen LogP contribution in [-0.4, -0.2) is 16.7 Å². The summed E-state index contributed by atoms with van der Waals surface area (Å²) < 4.78 is 69.4. The molecule has 0 atom stereocenters. The Morgan fingerprint density at radius 2 is 1.53 bits per heavy atom. The minimum absolute atomic E-state index is 0.0932. The van der Waals surface area contributed by atoms with Crippen LogP contribution in [0.15, 0.2) is 10.9 Å². The standard InChI is InChI=1S/C10H6F5N3O/c11-5-6(12)8(14)10(9(15)7(5)13)16-2-1-4-17-3-19-18-4/h3,16H,1-2H2. The molecule has 1 aromatic carbocycles. The van der Waals surface area contributed by atoms with Gasteiger partial charge in [-0.1, -0.05) is 5.16 Å². The van der Waals surface area contributed by atoms with Gasteiger partial charge in [0.15, 0.2) is 29.1 Å². The van der Waals surface area contributed by atoms with Gasteiger partial charge in [-0.25, -0.2) is 22.0 Å². The molecule has 0 aliphatic heterocycles. The quantitative estimate of drug-likeness (QED) is 0.530. The zero-order valence-corrected chi connectivity index (χ0v) is 9.18. The molecular formula is C10H6F5N3O. The molecular weight excluding hydrogens is 273 g/mol. The first kappa shape index (κ1) is 13.2. The molecule has 0 saturated heterocycles. The van der Waals surface area contributed by atoms with Crippen LogP contribution in [0.3, 0.4) is 0 Å². The average Bonchev–Trinajstić information content (AvgIpc) is 2.91. The Kier molecular flexibility index (Phi) is 3.63. The Bertz CT molecular complexity index is 558. The van der Waals surface area contributed by atoms with Crippen LogP contribution in [0.25, 0.3) is 0 Å². The van der Waals surface area contributed by atoms with Crippen molar-refractivity contribution in [2.75, 3.05) is 11.9 Å². The molecule has 0 radical (unpaired) electrons. The van der Waals surface area contributed by atoms with E-state index in [9.17, 15) is 22.0 Å². The largest absolute Gasteiger partial charge is 0.380 e.